The first kappa shape index (κ1) is 17.4. The molecule has 25 heavy (non-hydrogen) atoms. The molecular formula is C19H16ClN3OS. The number of rotatable bonds is 7. The van der Waals surface area contributed by atoms with Gasteiger partial charge in [-0.1, -0.05) is 72.3 Å². The fourth-order valence-corrected chi connectivity index (χ4v) is 3.39. The molecule has 1 unspecified atom stereocenters. The Kier molecular flexibility index (Phi) is 6.02. The molecule has 3 aromatic rings. The molecule has 0 saturated carbocycles. The quantitative estimate of drug-likeness (QED) is 0.634. The van der Waals surface area contributed by atoms with Crippen LogP contribution >= 0.6 is 23.1 Å². The van der Waals surface area contributed by atoms with E-state index in [0.717, 1.165) is 11.1 Å². The molecule has 2 aromatic carbocycles. The molecule has 0 fully saturated rings. The summed E-state index contributed by atoms with van der Waals surface area (Å²) in [5.41, 5.74) is 2.56. The number of nitriles is 1. The number of nitrogens with zero attached hydrogens (tertiary/aromatic N) is 2. The summed E-state index contributed by atoms with van der Waals surface area (Å²) in [7, 11) is 0. The van der Waals surface area contributed by atoms with E-state index in [1.807, 2.05) is 60.7 Å². The van der Waals surface area contributed by atoms with Crippen LogP contribution < -0.4 is 5.32 Å². The van der Waals surface area contributed by atoms with E-state index in [0.29, 0.717) is 23.8 Å². The topological polar surface area (TPSA) is 57.9 Å². The minimum absolute atomic E-state index is 0.103. The van der Waals surface area contributed by atoms with Crippen LogP contribution in [-0.2, 0) is 11.3 Å². The van der Waals surface area contributed by atoms with Crippen LogP contribution in [-0.4, -0.2) is 11.0 Å². The van der Waals surface area contributed by atoms with E-state index in [1.165, 1.54) is 11.5 Å². The Bertz CT molecular complexity index is 846. The van der Waals surface area contributed by atoms with Crippen molar-refractivity contribution in [1.29, 1.82) is 5.26 Å². The smallest absolute Gasteiger partial charge is 0.162 e. The van der Waals surface area contributed by atoms with Gasteiger partial charge in [0.05, 0.1) is 19.3 Å². The van der Waals surface area contributed by atoms with Crippen LogP contribution in [0.25, 0.3) is 0 Å². The summed E-state index contributed by atoms with van der Waals surface area (Å²) >= 11 is 7.15. The van der Waals surface area contributed by atoms with Crippen LogP contribution in [0.15, 0.2) is 60.7 Å². The normalized spacial score (nSPS) is 11.7. The van der Waals surface area contributed by atoms with Crippen LogP contribution in [0.2, 0.25) is 5.15 Å². The van der Waals surface area contributed by atoms with Crippen LogP contribution in [0.5, 0.6) is 0 Å². The van der Waals surface area contributed by atoms with Gasteiger partial charge in [0.15, 0.2) is 5.15 Å². The molecule has 0 spiro atoms. The second kappa shape index (κ2) is 8.63. The standard InChI is InChI=1S/C19H16ClN3OS/c20-18-16(11-21)19(25-23-18)22-17(15-9-5-2-6-10-15)13-24-12-14-7-3-1-4-8-14/h1-10,17,22H,12-13H2. The largest absolute Gasteiger partial charge is 0.374 e. The summed E-state index contributed by atoms with van der Waals surface area (Å²) in [5.74, 6) is 0. The Hall–Kier alpha value is -2.39. The van der Waals surface area contributed by atoms with Crippen LogP contribution in [0, 0.1) is 11.3 Å². The van der Waals surface area contributed by atoms with Crippen molar-refractivity contribution in [2.75, 3.05) is 11.9 Å². The van der Waals surface area contributed by atoms with Crippen molar-refractivity contribution in [3.63, 3.8) is 0 Å². The van der Waals surface area contributed by atoms with E-state index in [9.17, 15) is 5.26 Å². The van der Waals surface area contributed by atoms with Gasteiger partial charge in [0.1, 0.15) is 16.6 Å². The lowest BCUT2D eigenvalue weighted by Gasteiger charge is -2.19. The predicted octanol–water partition coefficient (Wildman–Crippen LogP) is 5.04. The molecule has 0 aliphatic heterocycles. The number of hydrogen-bond donors (Lipinski definition) is 1. The number of hydrogen-bond acceptors (Lipinski definition) is 5. The fraction of sp³-hybridized carbons (Fsp3) is 0.158. The van der Waals surface area contributed by atoms with Gasteiger partial charge in [-0.15, -0.1) is 0 Å². The molecule has 0 aliphatic rings. The third kappa shape index (κ3) is 4.58. The summed E-state index contributed by atoms with van der Waals surface area (Å²) in [5, 5.41) is 13.5. The van der Waals surface area contributed by atoms with Crippen LogP contribution in [0.1, 0.15) is 22.7 Å². The lowest BCUT2D eigenvalue weighted by atomic mass is 10.1. The second-order valence-electron chi connectivity index (χ2n) is 5.40. The second-order valence-corrected chi connectivity index (χ2v) is 6.53. The van der Waals surface area contributed by atoms with Gasteiger partial charge in [-0.2, -0.15) is 9.64 Å². The first-order valence-corrected chi connectivity index (χ1v) is 8.91. The van der Waals surface area contributed by atoms with Crippen molar-refractivity contribution in [3.05, 3.63) is 82.5 Å². The fourth-order valence-electron chi connectivity index (χ4n) is 2.40. The number of aromatic nitrogens is 1. The SMILES string of the molecule is N#Cc1c(Cl)nsc1NC(COCc1ccccc1)c1ccccc1. The maximum atomic E-state index is 9.26. The van der Waals surface area contributed by atoms with Gasteiger partial charge in [-0.25, -0.2) is 0 Å². The zero-order valence-electron chi connectivity index (χ0n) is 13.4. The van der Waals surface area contributed by atoms with Crippen molar-refractivity contribution >= 4 is 28.1 Å². The molecule has 1 heterocycles. The summed E-state index contributed by atoms with van der Waals surface area (Å²) in [6.45, 7) is 0.986. The van der Waals surface area contributed by atoms with E-state index < -0.39 is 0 Å². The van der Waals surface area contributed by atoms with Gasteiger partial charge < -0.3 is 10.1 Å². The highest BCUT2D eigenvalue weighted by atomic mass is 35.5. The van der Waals surface area contributed by atoms with Gasteiger partial charge in [-0.3, -0.25) is 0 Å². The molecule has 6 heteroatoms. The molecule has 0 bridgehead atoms. The Morgan fingerprint density at radius 2 is 1.80 bits per heavy atom. The molecular weight excluding hydrogens is 354 g/mol. The first-order valence-electron chi connectivity index (χ1n) is 7.76. The highest BCUT2D eigenvalue weighted by molar-refractivity contribution is 7.10. The van der Waals surface area contributed by atoms with Crippen LogP contribution in [0.4, 0.5) is 5.00 Å². The predicted molar refractivity (Wildman–Crippen MR) is 101 cm³/mol. The van der Waals surface area contributed by atoms with Crippen molar-refractivity contribution in [3.8, 4) is 6.07 Å². The van der Waals surface area contributed by atoms with E-state index in [2.05, 4.69) is 15.8 Å². The molecule has 0 radical (unpaired) electrons. The van der Waals surface area contributed by atoms with Gasteiger partial charge in [-0.05, 0) is 22.7 Å². The van der Waals surface area contributed by atoms with Crippen molar-refractivity contribution in [2.45, 2.75) is 12.6 Å². The maximum absolute atomic E-state index is 9.26. The minimum atomic E-state index is -0.103. The summed E-state index contributed by atoms with van der Waals surface area (Å²) in [6.07, 6.45) is 0. The summed E-state index contributed by atoms with van der Waals surface area (Å²) in [4.78, 5) is 0. The third-order valence-electron chi connectivity index (χ3n) is 3.67. The van der Waals surface area contributed by atoms with Gasteiger partial charge >= 0.3 is 0 Å². The Balaban J connectivity index is 1.73. The highest BCUT2D eigenvalue weighted by Gasteiger charge is 2.18. The monoisotopic (exact) mass is 369 g/mol. The average Bonchev–Trinajstić information content (AvgIpc) is 3.02. The van der Waals surface area contributed by atoms with Crippen molar-refractivity contribution in [1.82, 2.24) is 4.37 Å². The average molecular weight is 370 g/mol. The minimum Gasteiger partial charge on any atom is -0.374 e. The van der Waals surface area contributed by atoms with Gasteiger partial charge in [0.2, 0.25) is 0 Å². The lowest BCUT2D eigenvalue weighted by molar-refractivity contribution is 0.112. The lowest BCUT2D eigenvalue weighted by Crippen LogP contribution is -2.17. The van der Waals surface area contributed by atoms with Gasteiger partial charge in [0, 0.05) is 0 Å². The number of nitrogens with one attached hydrogen (secondary N) is 1. The molecule has 1 N–H and O–H groups in total. The number of anilines is 1. The number of halogens is 1. The zero-order valence-corrected chi connectivity index (χ0v) is 14.9. The molecule has 3 rings (SSSR count). The number of benzene rings is 2. The molecule has 0 aliphatic carbocycles. The highest BCUT2D eigenvalue weighted by Crippen LogP contribution is 2.31. The zero-order chi connectivity index (χ0) is 17.5. The van der Waals surface area contributed by atoms with E-state index in [4.69, 9.17) is 16.3 Å². The first-order chi connectivity index (χ1) is 12.3. The Morgan fingerprint density at radius 3 is 2.48 bits per heavy atom. The van der Waals surface area contributed by atoms with Gasteiger partial charge in [0.25, 0.3) is 0 Å². The van der Waals surface area contributed by atoms with Crippen molar-refractivity contribution in [2.24, 2.45) is 0 Å². The summed E-state index contributed by atoms with van der Waals surface area (Å²) < 4.78 is 9.94. The van der Waals surface area contributed by atoms with Crippen LogP contribution in [0.3, 0.4) is 0 Å². The molecule has 0 saturated heterocycles. The molecule has 1 aromatic heterocycles. The number of ether oxygens (including phenoxy) is 1. The summed E-state index contributed by atoms with van der Waals surface area (Å²) in [6, 6.07) is 22.0. The third-order valence-corrected chi connectivity index (χ3v) is 4.82. The van der Waals surface area contributed by atoms with Crippen molar-refractivity contribution < 1.29 is 4.74 Å². The maximum Gasteiger partial charge on any atom is 0.162 e. The van der Waals surface area contributed by atoms with E-state index in [1.54, 1.807) is 0 Å². The van der Waals surface area contributed by atoms with E-state index >= 15 is 0 Å². The Labute approximate surface area is 155 Å². The van der Waals surface area contributed by atoms with E-state index in [-0.39, 0.29) is 11.2 Å². The molecule has 1 atom stereocenters. The molecule has 126 valence electrons. The molecule has 0 amide bonds. The Morgan fingerprint density at radius 1 is 1.12 bits per heavy atom. The molecule has 4 nitrogen and oxygen atoms in total.